The highest BCUT2D eigenvalue weighted by Crippen LogP contribution is 2.24. The first kappa shape index (κ1) is 12.6. The minimum absolute atomic E-state index is 0.150. The van der Waals surface area contributed by atoms with E-state index in [9.17, 15) is 4.79 Å². The summed E-state index contributed by atoms with van der Waals surface area (Å²) in [5.41, 5.74) is 7.23. The van der Waals surface area contributed by atoms with Crippen molar-refractivity contribution in [3.63, 3.8) is 0 Å². The summed E-state index contributed by atoms with van der Waals surface area (Å²) in [5.74, 6) is -0.150. The van der Waals surface area contributed by atoms with Crippen molar-refractivity contribution in [3.05, 3.63) is 71.0 Å². The second-order valence-electron chi connectivity index (χ2n) is 4.47. The molecule has 0 aliphatic carbocycles. The van der Waals surface area contributed by atoms with Gasteiger partial charge in [0.25, 0.3) is 0 Å². The molecule has 4 heteroatoms. The van der Waals surface area contributed by atoms with Gasteiger partial charge in [-0.1, -0.05) is 35.9 Å². The summed E-state index contributed by atoms with van der Waals surface area (Å²) in [5, 5.41) is 2.29. The van der Waals surface area contributed by atoms with E-state index in [1.54, 1.807) is 30.6 Å². The Bertz CT molecular complexity index is 809. The molecule has 0 aliphatic heterocycles. The Morgan fingerprint density at radius 2 is 1.85 bits per heavy atom. The molecule has 0 aliphatic rings. The van der Waals surface area contributed by atoms with Gasteiger partial charge in [-0.05, 0) is 23.6 Å². The van der Waals surface area contributed by atoms with Crippen molar-refractivity contribution in [3.8, 4) is 0 Å². The van der Waals surface area contributed by atoms with E-state index in [4.69, 9.17) is 17.3 Å². The number of rotatable bonds is 2. The van der Waals surface area contributed by atoms with Crippen LogP contribution in [0, 0.1) is 0 Å². The van der Waals surface area contributed by atoms with Gasteiger partial charge < -0.3 is 5.73 Å². The Morgan fingerprint density at radius 1 is 1.05 bits per heavy atom. The van der Waals surface area contributed by atoms with Crippen LogP contribution in [0.4, 0.5) is 5.69 Å². The van der Waals surface area contributed by atoms with Crippen molar-refractivity contribution in [2.24, 2.45) is 0 Å². The molecule has 0 saturated heterocycles. The first-order valence-electron chi connectivity index (χ1n) is 6.09. The number of benzene rings is 2. The zero-order valence-corrected chi connectivity index (χ0v) is 11.3. The van der Waals surface area contributed by atoms with Crippen molar-refractivity contribution in [2.75, 3.05) is 5.73 Å². The molecule has 0 radical (unpaired) electrons. The van der Waals surface area contributed by atoms with Crippen LogP contribution in [0.3, 0.4) is 0 Å². The number of nitrogen functional groups attached to an aromatic ring is 1. The smallest absolute Gasteiger partial charge is 0.197 e. The standard InChI is InChI=1S/C16H11ClN2O/c17-11-5-6-13(15(18)7-11)16(20)14-9-19-8-10-3-1-2-4-12(10)14/h1-9H,18H2. The Balaban J connectivity index is 2.18. The minimum atomic E-state index is -0.150. The highest BCUT2D eigenvalue weighted by Gasteiger charge is 2.15. The summed E-state index contributed by atoms with van der Waals surface area (Å²) >= 11 is 5.86. The largest absolute Gasteiger partial charge is 0.398 e. The van der Waals surface area contributed by atoms with Crippen LogP contribution in [0.5, 0.6) is 0 Å². The van der Waals surface area contributed by atoms with Crippen LogP contribution in [0.1, 0.15) is 15.9 Å². The third-order valence-corrected chi connectivity index (χ3v) is 3.41. The monoisotopic (exact) mass is 282 g/mol. The molecule has 0 amide bonds. The summed E-state index contributed by atoms with van der Waals surface area (Å²) in [7, 11) is 0. The lowest BCUT2D eigenvalue weighted by molar-refractivity contribution is 0.104. The van der Waals surface area contributed by atoms with E-state index in [1.807, 2.05) is 24.3 Å². The van der Waals surface area contributed by atoms with Crippen LogP contribution in [-0.2, 0) is 0 Å². The first-order chi connectivity index (χ1) is 9.66. The number of nitrogens with two attached hydrogens (primary N) is 1. The van der Waals surface area contributed by atoms with E-state index >= 15 is 0 Å². The topological polar surface area (TPSA) is 56.0 Å². The Morgan fingerprint density at radius 3 is 2.65 bits per heavy atom. The van der Waals surface area contributed by atoms with Crippen molar-refractivity contribution in [1.82, 2.24) is 4.98 Å². The highest BCUT2D eigenvalue weighted by atomic mass is 35.5. The van der Waals surface area contributed by atoms with Crippen molar-refractivity contribution >= 4 is 33.8 Å². The molecule has 0 fully saturated rings. The molecule has 0 bridgehead atoms. The Labute approximate surface area is 121 Å². The van der Waals surface area contributed by atoms with Gasteiger partial charge in [-0.2, -0.15) is 0 Å². The number of aromatic nitrogens is 1. The van der Waals surface area contributed by atoms with Crippen molar-refractivity contribution in [1.29, 1.82) is 0 Å². The molecule has 1 heterocycles. The Kier molecular flexibility index (Phi) is 3.12. The molecule has 0 unspecified atom stereocenters. The molecule has 0 saturated carbocycles. The summed E-state index contributed by atoms with van der Waals surface area (Å²) in [4.78, 5) is 16.7. The van der Waals surface area contributed by atoms with Gasteiger partial charge in [0.15, 0.2) is 5.78 Å². The lowest BCUT2D eigenvalue weighted by Gasteiger charge is -2.07. The van der Waals surface area contributed by atoms with E-state index in [1.165, 1.54) is 0 Å². The SMILES string of the molecule is Nc1cc(Cl)ccc1C(=O)c1cncc2ccccc12. The van der Waals surface area contributed by atoms with Crippen molar-refractivity contribution < 1.29 is 4.79 Å². The molecule has 1 aromatic heterocycles. The van der Waals surface area contributed by atoms with Gasteiger partial charge in [0.05, 0.1) is 0 Å². The molecule has 98 valence electrons. The van der Waals surface area contributed by atoms with E-state index in [0.29, 0.717) is 21.8 Å². The number of carbonyl (C=O) groups is 1. The van der Waals surface area contributed by atoms with Gasteiger partial charge in [0.1, 0.15) is 0 Å². The van der Waals surface area contributed by atoms with Crippen LogP contribution in [0.15, 0.2) is 54.9 Å². The van der Waals surface area contributed by atoms with Gasteiger partial charge in [0.2, 0.25) is 0 Å². The highest BCUT2D eigenvalue weighted by molar-refractivity contribution is 6.31. The fourth-order valence-electron chi connectivity index (χ4n) is 2.18. The summed E-state index contributed by atoms with van der Waals surface area (Å²) in [6, 6.07) is 12.5. The maximum absolute atomic E-state index is 12.6. The summed E-state index contributed by atoms with van der Waals surface area (Å²) in [6.45, 7) is 0. The summed E-state index contributed by atoms with van der Waals surface area (Å²) < 4.78 is 0. The fourth-order valence-corrected chi connectivity index (χ4v) is 2.36. The molecule has 2 aromatic carbocycles. The summed E-state index contributed by atoms with van der Waals surface area (Å²) in [6.07, 6.45) is 3.30. The van der Waals surface area contributed by atoms with Gasteiger partial charge >= 0.3 is 0 Å². The van der Waals surface area contributed by atoms with Crippen LogP contribution in [0.25, 0.3) is 10.8 Å². The third-order valence-electron chi connectivity index (χ3n) is 3.17. The number of halogens is 1. The van der Waals surface area contributed by atoms with E-state index < -0.39 is 0 Å². The second-order valence-corrected chi connectivity index (χ2v) is 4.91. The molecule has 3 nitrogen and oxygen atoms in total. The van der Waals surface area contributed by atoms with Crippen LogP contribution >= 0.6 is 11.6 Å². The molecule has 3 rings (SSSR count). The van der Waals surface area contributed by atoms with Gasteiger partial charge in [-0.3, -0.25) is 9.78 Å². The number of anilines is 1. The third kappa shape index (κ3) is 2.12. The zero-order valence-electron chi connectivity index (χ0n) is 10.5. The van der Waals surface area contributed by atoms with E-state index in [2.05, 4.69) is 4.98 Å². The van der Waals surface area contributed by atoms with Crippen LogP contribution < -0.4 is 5.73 Å². The quantitative estimate of drug-likeness (QED) is 0.576. The van der Waals surface area contributed by atoms with Crippen LogP contribution in [0.2, 0.25) is 5.02 Å². The number of fused-ring (bicyclic) bond motifs is 1. The normalized spacial score (nSPS) is 10.7. The molecule has 0 atom stereocenters. The maximum atomic E-state index is 12.6. The predicted molar refractivity (Wildman–Crippen MR) is 81.0 cm³/mol. The van der Waals surface area contributed by atoms with E-state index in [-0.39, 0.29) is 5.78 Å². The molecular formula is C16H11ClN2O. The number of nitrogens with zero attached hydrogens (tertiary/aromatic N) is 1. The molecule has 2 N–H and O–H groups in total. The number of hydrogen-bond donors (Lipinski definition) is 1. The fraction of sp³-hybridized carbons (Fsp3) is 0. The number of pyridine rings is 1. The Hall–Kier alpha value is -2.39. The number of ketones is 1. The molecule has 0 spiro atoms. The van der Waals surface area contributed by atoms with E-state index in [0.717, 1.165) is 10.8 Å². The van der Waals surface area contributed by atoms with Crippen LogP contribution in [-0.4, -0.2) is 10.8 Å². The number of carbonyl (C=O) groups excluding carboxylic acids is 1. The predicted octanol–water partition coefficient (Wildman–Crippen LogP) is 3.70. The van der Waals surface area contributed by atoms with Gasteiger partial charge in [-0.25, -0.2) is 0 Å². The lowest BCUT2D eigenvalue weighted by Crippen LogP contribution is -2.06. The zero-order chi connectivity index (χ0) is 14.1. The number of hydrogen-bond acceptors (Lipinski definition) is 3. The molecule has 3 aromatic rings. The van der Waals surface area contributed by atoms with Gasteiger partial charge in [-0.15, -0.1) is 0 Å². The average Bonchev–Trinajstić information content (AvgIpc) is 2.46. The maximum Gasteiger partial charge on any atom is 0.197 e. The minimum Gasteiger partial charge on any atom is -0.398 e. The lowest BCUT2D eigenvalue weighted by atomic mass is 9.98. The second kappa shape index (κ2) is 4.94. The average molecular weight is 283 g/mol. The molecule has 20 heavy (non-hydrogen) atoms. The van der Waals surface area contributed by atoms with Gasteiger partial charge in [0, 0.05) is 39.6 Å². The molecular weight excluding hydrogens is 272 g/mol. The van der Waals surface area contributed by atoms with Crippen molar-refractivity contribution in [2.45, 2.75) is 0 Å². The first-order valence-corrected chi connectivity index (χ1v) is 6.47.